The smallest absolute Gasteiger partial charge is 0.312 e. The minimum Gasteiger partial charge on any atom is -0.497 e. The van der Waals surface area contributed by atoms with Gasteiger partial charge in [-0.25, -0.2) is 0 Å². The second kappa shape index (κ2) is 7.13. The van der Waals surface area contributed by atoms with Crippen molar-refractivity contribution < 1.29 is 14.3 Å². The third kappa shape index (κ3) is 2.71. The Labute approximate surface area is 190 Å². The summed E-state index contributed by atoms with van der Waals surface area (Å²) in [5.74, 6) is 1.19. The molecule has 2 aromatic carbocycles. The van der Waals surface area contributed by atoms with Crippen LogP contribution in [-0.4, -0.2) is 25.2 Å². The van der Waals surface area contributed by atoms with Crippen molar-refractivity contribution in [3.05, 3.63) is 53.1 Å². The van der Waals surface area contributed by atoms with Gasteiger partial charge in [-0.05, 0) is 66.6 Å². The molecular formula is C28H33NO3. The van der Waals surface area contributed by atoms with Crippen molar-refractivity contribution in [2.75, 3.05) is 14.2 Å². The van der Waals surface area contributed by atoms with Gasteiger partial charge in [0.2, 0.25) is 0 Å². The molecule has 1 unspecified atom stereocenters. The zero-order valence-electron chi connectivity index (χ0n) is 20.0. The highest BCUT2D eigenvalue weighted by atomic mass is 16.5. The average Bonchev–Trinajstić information content (AvgIpc) is 3.16. The van der Waals surface area contributed by atoms with Crippen LogP contribution in [0.15, 0.2) is 36.4 Å². The lowest BCUT2D eigenvalue weighted by Gasteiger charge is -2.54. The fourth-order valence-electron chi connectivity index (χ4n) is 6.65. The fraction of sp³-hybridized carbons (Fsp3) is 0.464. The summed E-state index contributed by atoms with van der Waals surface area (Å²) in [6, 6.07) is 13.2. The van der Waals surface area contributed by atoms with Gasteiger partial charge < -0.3 is 14.5 Å². The van der Waals surface area contributed by atoms with Gasteiger partial charge >= 0.3 is 5.97 Å². The summed E-state index contributed by atoms with van der Waals surface area (Å²) in [7, 11) is 3.22. The normalized spacial score (nSPS) is 26.4. The van der Waals surface area contributed by atoms with E-state index in [1.165, 1.54) is 29.4 Å². The number of carbonyl (C=O) groups is 1. The van der Waals surface area contributed by atoms with Crippen molar-refractivity contribution in [3.63, 3.8) is 0 Å². The van der Waals surface area contributed by atoms with Gasteiger partial charge in [-0.3, -0.25) is 4.79 Å². The van der Waals surface area contributed by atoms with Gasteiger partial charge in [-0.2, -0.15) is 0 Å². The number of esters is 1. The highest BCUT2D eigenvalue weighted by Gasteiger charge is 2.58. The van der Waals surface area contributed by atoms with E-state index in [4.69, 9.17) is 9.47 Å². The number of carbonyl (C=O) groups excluding carboxylic acids is 1. The number of hydrogen-bond donors (Lipinski definition) is 1. The van der Waals surface area contributed by atoms with Gasteiger partial charge in [0.15, 0.2) is 0 Å². The molecule has 1 N–H and O–H groups in total. The van der Waals surface area contributed by atoms with E-state index in [9.17, 15) is 4.79 Å². The molecule has 0 bridgehead atoms. The predicted molar refractivity (Wildman–Crippen MR) is 128 cm³/mol. The summed E-state index contributed by atoms with van der Waals surface area (Å²) in [6.45, 7) is 8.94. The molecule has 1 fully saturated rings. The average molecular weight is 432 g/mol. The number of rotatable bonds is 3. The van der Waals surface area contributed by atoms with Gasteiger partial charge in [0, 0.05) is 27.8 Å². The van der Waals surface area contributed by atoms with Crippen LogP contribution in [0, 0.1) is 5.41 Å². The molecule has 0 aliphatic heterocycles. The minimum atomic E-state index is -0.594. The lowest BCUT2D eigenvalue weighted by atomic mass is 9.49. The number of H-pyrrole nitrogens is 1. The first-order chi connectivity index (χ1) is 15.2. The number of aromatic nitrogens is 1. The van der Waals surface area contributed by atoms with Crippen LogP contribution in [0.5, 0.6) is 5.75 Å². The Morgan fingerprint density at radius 2 is 1.88 bits per heavy atom. The maximum Gasteiger partial charge on any atom is 0.312 e. The van der Waals surface area contributed by atoms with Crippen LogP contribution in [0.25, 0.3) is 22.2 Å². The maximum atomic E-state index is 13.3. The van der Waals surface area contributed by atoms with E-state index >= 15 is 0 Å². The topological polar surface area (TPSA) is 51.3 Å². The van der Waals surface area contributed by atoms with Crippen LogP contribution in [0.1, 0.15) is 75.5 Å². The Morgan fingerprint density at radius 3 is 2.56 bits per heavy atom. The SMILES string of the molecule is COC(=O)[C@]1(C)CCC[C@]2(C)c3ccc(C(C)C)cc3-c3[nH]c4ccc(OC)cc4c3C12. The number of fused-ring (bicyclic) bond motifs is 8. The van der Waals surface area contributed by atoms with Crippen molar-refractivity contribution in [2.24, 2.45) is 5.41 Å². The Morgan fingerprint density at radius 1 is 1.09 bits per heavy atom. The highest BCUT2D eigenvalue weighted by Crippen LogP contribution is 2.64. The second-order valence-electron chi connectivity index (χ2n) is 10.4. The summed E-state index contributed by atoms with van der Waals surface area (Å²) in [6.07, 6.45) is 2.88. The summed E-state index contributed by atoms with van der Waals surface area (Å²) in [5, 5.41) is 1.15. The highest BCUT2D eigenvalue weighted by molar-refractivity contribution is 5.96. The first-order valence-electron chi connectivity index (χ1n) is 11.7. The maximum absolute atomic E-state index is 13.3. The zero-order chi connectivity index (χ0) is 22.8. The zero-order valence-corrected chi connectivity index (χ0v) is 20.0. The van der Waals surface area contributed by atoms with Crippen LogP contribution in [0.2, 0.25) is 0 Å². The van der Waals surface area contributed by atoms with Crippen LogP contribution in [0.4, 0.5) is 0 Å². The van der Waals surface area contributed by atoms with E-state index < -0.39 is 5.41 Å². The monoisotopic (exact) mass is 431 g/mol. The molecule has 32 heavy (non-hydrogen) atoms. The van der Waals surface area contributed by atoms with Crippen molar-refractivity contribution in [2.45, 2.75) is 64.2 Å². The molecule has 3 aromatic rings. The quantitative estimate of drug-likeness (QED) is 0.470. The standard InChI is InChI=1S/C28H33NO3/c1-16(2)17-8-10-21-19(14-17)24-23(20-15-18(31-5)9-11-22(20)29-24)25-27(21,3)12-7-13-28(25,4)26(30)32-6/h8-11,14-16,25,29H,7,12-13H2,1-6H3/t25?,27-,28-/m1/s1. The molecular weight excluding hydrogens is 398 g/mol. The van der Waals surface area contributed by atoms with Crippen molar-refractivity contribution >= 4 is 16.9 Å². The van der Waals surface area contributed by atoms with Crippen molar-refractivity contribution in [1.29, 1.82) is 0 Å². The molecule has 5 rings (SSSR count). The third-order valence-electron chi connectivity index (χ3n) is 8.25. The molecule has 4 nitrogen and oxygen atoms in total. The van der Waals surface area contributed by atoms with Gasteiger partial charge in [0.25, 0.3) is 0 Å². The number of nitrogens with one attached hydrogen (secondary N) is 1. The first-order valence-corrected chi connectivity index (χ1v) is 11.7. The fourth-order valence-corrected chi connectivity index (χ4v) is 6.65. The number of methoxy groups -OCH3 is 2. The van der Waals surface area contributed by atoms with Crippen LogP contribution in [0.3, 0.4) is 0 Å². The molecule has 0 spiro atoms. The largest absolute Gasteiger partial charge is 0.497 e. The molecule has 4 heteroatoms. The van der Waals surface area contributed by atoms with Gasteiger partial charge in [0.1, 0.15) is 5.75 Å². The summed E-state index contributed by atoms with van der Waals surface area (Å²) in [5.41, 5.74) is 6.66. The summed E-state index contributed by atoms with van der Waals surface area (Å²) >= 11 is 0. The van der Waals surface area contributed by atoms with Crippen LogP contribution < -0.4 is 4.74 Å². The molecule has 1 aromatic heterocycles. The van der Waals surface area contributed by atoms with Gasteiger partial charge in [-0.1, -0.05) is 39.3 Å². The second-order valence-corrected chi connectivity index (χ2v) is 10.4. The molecule has 2 aliphatic carbocycles. The number of benzene rings is 2. The lowest BCUT2D eigenvalue weighted by Crippen LogP contribution is -2.50. The minimum absolute atomic E-state index is 0.0180. The van der Waals surface area contributed by atoms with E-state index in [0.29, 0.717) is 5.92 Å². The number of hydrogen-bond acceptors (Lipinski definition) is 3. The van der Waals surface area contributed by atoms with E-state index in [1.54, 1.807) is 7.11 Å². The predicted octanol–water partition coefficient (Wildman–Crippen LogP) is 6.69. The molecule has 0 radical (unpaired) electrons. The van der Waals surface area contributed by atoms with E-state index in [1.807, 2.05) is 6.07 Å². The molecule has 168 valence electrons. The van der Waals surface area contributed by atoms with Gasteiger partial charge in [-0.15, -0.1) is 0 Å². The molecule has 1 saturated carbocycles. The van der Waals surface area contributed by atoms with E-state index in [-0.39, 0.29) is 17.3 Å². The Hall–Kier alpha value is -2.75. The Balaban J connectivity index is 1.90. The molecule has 3 atom stereocenters. The number of ether oxygens (including phenoxy) is 2. The molecule has 0 saturated heterocycles. The van der Waals surface area contributed by atoms with Gasteiger partial charge in [0.05, 0.1) is 25.3 Å². The van der Waals surface area contributed by atoms with Crippen LogP contribution in [-0.2, 0) is 14.9 Å². The summed E-state index contributed by atoms with van der Waals surface area (Å²) in [4.78, 5) is 17.0. The third-order valence-corrected chi connectivity index (χ3v) is 8.25. The van der Waals surface area contributed by atoms with Crippen LogP contribution >= 0.6 is 0 Å². The lowest BCUT2D eigenvalue weighted by molar-refractivity contribution is -0.157. The molecule has 1 heterocycles. The van der Waals surface area contributed by atoms with Crippen molar-refractivity contribution in [3.8, 4) is 17.0 Å². The Bertz CT molecular complexity index is 1220. The number of aromatic amines is 1. The first kappa shape index (κ1) is 21.1. The Kier molecular flexibility index (Phi) is 4.70. The molecule has 0 amide bonds. The summed E-state index contributed by atoms with van der Waals surface area (Å²) < 4.78 is 11.0. The van der Waals surface area contributed by atoms with E-state index in [0.717, 1.165) is 41.6 Å². The molecule has 2 aliphatic rings. The van der Waals surface area contributed by atoms with E-state index in [2.05, 4.69) is 63.0 Å². The van der Waals surface area contributed by atoms with Crippen molar-refractivity contribution in [1.82, 2.24) is 4.98 Å².